The Balaban J connectivity index is 1.56. The molecule has 0 saturated carbocycles. The molecule has 0 spiro atoms. The summed E-state index contributed by atoms with van der Waals surface area (Å²) in [5.74, 6) is 0. The minimum absolute atomic E-state index is 0.955. The summed E-state index contributed by atoms with van der Waals surface area (Å²) in [6.45, 7) is 4.35. The van der Waals surface area contributed by atoms with E-state index in [2.05, 4.69) is 58.2 Å². The minimum atomic E-state index is 0.955. The van der Waals surface area contributed by atoms with E-state index >= 15 is 0 Å². The third-order valence-electron chi connectivity index (χ3n) is 4.31. The molecule has 0 amide bonds. The van der Waals surface area contributed by atoms with Crippen molar-refractivity contribution in [1.29, 1.82) is 0 Å². The molecule has 0 aliphatic carbocycles. The van der Waals surface area contributed by atoms with Gasteiger partial charge in [-0.2, -0.15) is 0 Å². The molecule has 2 aromatic rings. The smallest absolute Gasteiger partial charge is 0.0366 e. The Labute approximate surface area is 133 Å². The Morgan fingerprint density at radius 3 is 2.09 bits per heavy atom. The SMILES string of the molecule is CN(Cc1ccncc1)Cc1ccc(N2CCCCC2)cc1. The predicted octanol–water partition coefficient (Wildman–Crippen LogP) is 3.70. The van der Waals surface area contributed by atoms with E-state index in [1.165, 1.54) is 49.2 Å². The van der Waals surface area contributed by atoms with Gasteiger partial charge in [-0.25, -0.2) is 0 Å². The van der Waals surface area contributed by atoms with Gasteiger partial charge in [-0.1, -0.05) is 12.1 Å². The van der Waals surface area contributed by atoms with Gasteiger partial charge in [-0.3, -0.25) is 9.88 Å². The summed E-state index contributed by atoms with van der Waals surface area (Å²) in [7, 11) is 2.17. The van der Waals surface area contributed by atoms with Gasteiger partial charge in [0.25, 0.3) is 0 Å². The summed E-state index contributed by atoms with van der Waals surface area (Å²) >= 11 is 0. The van der Waals surface area contributed by atoms with Crippen molar-refractivity contribution < 1.29 is 0 Å². The van der Waals surface area contributed by atoms with Crippen molar-refractivity contribution >= 4 is 5.69 Å². The predicted molar refractivity (Wildman–Crippen MR) is 91.9 cm³/mol. The molecule has 0 unspecified atom stereocenters. The summed E-state index contributed by atoms with van der Waals surface area (Å²) in [5, 5.41) is 0. The van der Waals surface area contributed by atoms with E-state index in [1.54, 1.807) is 0 Å². The van der Waals surface area contributed by atoms with Gasteiger partial charge in [0.15, 0.2) is 0 Å². The first-order valence-corrected chi connectivity index (χ1v) is 8.22. The second-order valence-electron chi connectivity index (χ2n) is 6.24. The van der Waals surface area contributed by atoms with Crippen LogP contribution >= 0.6 is 0 Å². The number of piperidine rings is 1. The molecular weight excluding hydrogens is 270 g/mol. The van der Waals surface area contributed by atoms with Crippen LogP contribution in [0.2, 0.25) is 0 Å². The first-order valence-electron chi connectivity index (χ1n) is 8.22. The van der Waals surface area contributed by atoms with Crippen LogP contribution in [-0.4, -0.2) is 30.0 Å². The highest BCUT2D eigenvalue weighted by molar-refractivity contribution is 5.47. The van der Waals surface area contributed by atoms with Gasteiger partial charge in [0.05, 0.1) is 0 Å². The van der Waals surface area contributed by atoms with E-state index < -0.39 is 0 Å². The Morgan fingerprint density at radius 1 is 0.864 bits per heavy atom. The number of pyridine rings is 1. The molecule has 0 bridgehead atoms. The van der Waals surface area contributed by atoms with Crippen molar-refractivity contribution in [3.8, 4) is 0 Å². The zero-order valence-electron chi connectivity index (χ0n) is 13.4. The molecule has 22 heavy (non-hydrogen) atoms. The molecular formula is C19H25N3. The van der Waals surface area contributed by atoms with Crippen LogP contribution < -0.4 is 4.90 Å². The standard InChI is InChI=1S/C19H25N3/c1-21(16-18-9-11-20-12-10-18)15-17-5-7-19(8-6-17)22-13-3-2-4-14-22/h5-12H,2-4,13-16H2,1H3. The van der Waals surface area contributed by atoms with Crippen LogP contribution in [0.1, 0.15) is 30.4 Å². The lowest BCUT2D eigenvalue weighted by Gasteiger charge is -2.29. The summed E-state index contributed by atoms with van der Waals surface area (Å²) < 4.78 is 0. The van der Waals surface area contributed by atoms with E-state index in [1.807, 2.05) is 12.4 Å². The highest BCUT2D eigenvalue weighted by atomic mass is 15.1. The third kappa shape index (κ3) is 4.08. The number of benzene rings is 1. The Bertz CT molecular complexity index is 559. The van der Waals surface area contributed by atoms with Crippen molar-refractivity contribution in [3.05, 3.63) is 59.9 Å². The van der Waals surface area contributed by atoms with Crippen molar-refractivity contribution in [2.24, 2.45) is 0 Å². The van der Waals surface area contributed by atoms with Gasteiger partial charge in [-0.05, 0) is 61.7 Å². The average Bonchev–Trinajstić information content (AvgIpc) is 2.57. The molecule has 1 aromatic carbocycles. The van der Waals surface area contributed by atoms with E-state index in [-0.39, 0.29) is 0 Å². The molecule has 1 aromatic heterocycles. The van der Waals surface area contributed by atoms with Gasteiger partial charge < -0.3 is 4.90 Å². The van der Waals surface area contributed by atoms with E-state index in [0.717, 1.165) is 13.1 Å². The molecule has 116 valence electrons. The molecule has 1 aliphatic rings. The summed E-state index contributed by atoms with van der Waals surface area (Å²) in [4.78, 5) is 8.91. The Morgan fingerprint density at radius 2 is 1.45 bits per heavy atom. The largest absolute Gasteiger partial charge is 0.372 e. The summed E-state index contributed by atoms with van der Waals surface area (Å²) in [5.41, 5.74) is 4.06. The number of aromatic nitrogens is 1. The highest BCUT2D eigenvalue weighted by Gasteiger charge is 2.10. The molecule has 0 radical (unpaired) electrons. The van der Waals surface area contributed by atoms with Gasteiger partial charge in [-0.15, -0.1) is 0 Å². The Kier molecular flexibility index (Phi) is 5.07. The zero-order chi connectivity index (χ0) is 15.2. The quantitative estimate of drug-likeness (QED) is 0.838. The van der Waals surface area contributed by atoms with Crippen molar-refractivity contribution in [1.82, 2.24) is 9.88 Å². The fourth-order valence-electron chi connectivity index (χ4n) is 3.13. The average molecular weight is 295 g/mol. The third-order valence-corrected chi connectivity index (χ3v) is 4.31. The lowest BCUT2D eigenvalue weighted by molar-refractivity contribution is 0.319. The summed E-state index contributed by atoms with van der Waals surface area (Å²) in [6, 6.07) is 13.3. The number of rotatable bonds is 5. The fraction of sp³-hybridized carbons (Fsp3) is 0.421. The van der Waals surface area contributed by atoms with Gasteiger partial charge in [0.1, 0.15) is 0 Å². The van der Waals surface area contributed by atoms with E-state index in [0.29, 0.717) is 0 Å². The number of anilines is 1. The number of hydrogen-bond acceptors (Lipinski definition) is 3. The normalized spacial score (nSPS) is 15.3. The van der Waals surface area contributed by atoms with Crippen LogP contribution in [0.4, 0.5) is 5.69 Å². The second-order valence-corrected chi connectivity index (χ2v) is 6.24. The highest BCUT2D eigenvalue weighted by Crippen LogP contribution is 2.20. The maximum Gasteiger partial charge on any atom is 0.0366 e. The topological polar surface area (TPSA) is 19.4 Å². The zero-order valence-corrected chi connectivity index (χ0v) is 13.4. The van der Waals surface area contributed by atoms with Crippen LogP contribution in [0, 0.1) is 0 Å². The second kappa shape index (κ2) is 7.41. The lowest BCUT2D eigenvalue weighted by Crippen LogP contribution is -2.29. The molecule has 3 nitrogen and oxygen atoms in total. The maximum atomic E-state index is 4.07. The minimum Gasteiger partial charge on any atom is -0.372 e. The fourth-order valence-corrected chi connectivity index (χ4v) is 3.13. The van der Waals surface area contributed by atoms with Gasteiger partial charge in [0.2, 0.25) is 0 Å². The maximum absolute atomic E-state index is 4.07. The molecule has 1 fully saturated rings. The molecule has 1 saturated heterocycles. The van der Waals surface area contributed by atoms with Crippen LogP contribution in [0.15, 0.2) is 48.8 Å². The molecule has 0 N–H and O–H groups in total. The van der Waals surface area contributed by atoms with E-state index in [4.69, 9.17) is 0 Å². The van der Waals surface area contributed by atoms with Crippen LogP contribution in [0.25, 0.3) is 0 Å². The van der Waals surface area contributed by atoms with Gasteiger partial charge in [0, 0.05) is 44.3 Å². The molecule has 2 heterocycles. The van der Waals surface area contributed by atoms with Crippen LogP contribution in [-0.2, 0) is 13.1 Å². The summed E-state index contributed by atoms with van der Waals surface area (Å²) in [6.07, 6.45) is 7.76. The van der Waals surface area contributed by atoms with Crippen LogP contribution in [0.3, 0.4) is 0 Å². The van der Waals surface area contributed by atoms with Crippen molar-refractivity contribution in [2.75, 3.05) is 25.0 Å². The lowest BCUT2D eigenvalue weighted by atomic mass is 10.1. The first kappa shape index (κ1) is 15.0. The monoisotopic (exact) mass is 295 g/mol. The number of nitrogens with zero attached hydrogens (tertiary/aromatic N) is 3. The molecule has 3 heteroatoms. The van der Waals surface area contributed by atoms with E-state index in [9.17, 15) is 0 Å². The molecule has 3 rings (SSSR count). The molecule has 0 atom stereocenters. The number of hydrogen-bond donors (Lipinski definition) is 0. The van der Waals surface area contributed by atoms with Crippen LogP contribution in [0.5, 0.6) is 0 Å². The molecule has 1 aliphatic heterocycles. The first-order chi connectivity index (χ1) is 10.8. The van der Waals surface area contributed by atoms with Crippen molar-refractivity contribution in [3.63, 3.8) is 0 Å². The Hall–Kier alpha value is -1.87. The van der Waals surface area contributed by atoms with Gasteiger partial charge >= 0.3 is 0 Å². The van der Waals surface area contributed by atoms with Crippen molar-refractivity contribution in [2.45, 2.75) is 32.4 Å².